The summed E-state index contributed by atoms with van der Waals surface area (Å²) >= 11 is 0. The lowest BCUT2D eigenvalue weighted by atomic mass is 10.1. The molecule has 1 atom stereocenters. The zero-order valence-corrected chi connectivity index (χ0v) is 12.1. The number of amides is 1. The minimum Gasteiger partial charge on any atom is -0.480 e. The maximum Gasteiger partial charge on any atom is 0.326 e. The molecule has 110 valence electrons. The molecule has 20 heavy (non-hydrogen) atoms. The maximum atomic E-state index is 12.2. The Morgan fingerprint density at radius 1 is 1.50 bits per heavy atom. The molecule has 1 heterocycles. The van der Waals surface area contributed by atoms with Crippen LogP contribution < -0.4 is 5.32 Å². The first-order valence-electron chi connectivity index (χ1n) is 6.96. The van der Waals surface area contributed by atoms with Crippen molar-refractivity contribution >= 4 is 11.9 Å². The molecule has 0 spiro atoms. The monoisotopic (exact) mass is 279 g/mol. The number of carbonyl (C=O) groups excluding carboxylic acids is 1. The fraction of sp³-hybridized carbons (Fsp3) is 0.643. The number of aromatic nitrogens is 2. The summed E-state index contributed by atoms with van der Waals surface area (Å²) < 4.78 is 1.78. The number of rotatable bonds is 6. The van der Waals surface area contributed by atoms with Gasteiger partial charge >= 0.3 is 5.97 Å². The molecular weight excluding hydrogens is 258 g/mol. The van der Waals surface area contributed by atoms with E-state index >= 15 is 0 Å². The van der Waals surface area contributed by atoms with Crippen molar-refractivity contribution in [3.05, 3.63) is 17.5 Å². The number of hydrogen-bond acceptors (Lipinski definition) is 3. The van der Waals surface area contributed by atoms with Crippen LogP contribution in [0.25, 0.3) is 0 Å². The summed E-state index contributed by atoms with van der Waals surface area (Å²) in [5, 5.41) is 15.9. The van der Waals surface area contributed by atoms with E-state index in [1.54, 1.807) is 4.68 Å². The van der Waals surface area contributed by atoms with E-state index in [4.69, 9.17) is 5.11 Å². The van der Waals surface area contributed by atoms with Crippen LogP contribution in [0.2, 0.25) is 0 Å². The number of nitrogens with one attached hydrogen (secondary N) is 1. The van der Waals surface area contributed by atoms with E-state index in [0.29, 0.717) is 11.5 Å². The Bertz CT molecular complexity index is 518. The van der Waals surface area contributed by atoms with Gasteiger partial charge in [0.15, 0.2) is 0 Å². The highest BCUT2D eigenvalue weighted by Gasteiger charge is 2.37. The van der Waals surface area contributed by atoms with E-state index in [2.05, 4.69) is 24.3 Å². The van der Waals surface area contributed by atoms with Crippen molar-refractivity contribution in [1.29, 1.82) is 0 Å². The zero-order chi connectivity index (χ0) is 14.9. The second-order valence-electron chi connectivity index (χ2n) is 5.85. The van der Waals surface area contributed by atoms with Crippen molar-refractivity contribution in [1.82, 2.24) is 15.1 Å². The first-order valence-corrected chi connectivity index (χ1v) is 6.96. The van der Waals surface area contributed by atoms with E-state index in [1.165, 1.54) is 6.20 Å². The van der Waals surface area contributed by atoms with E-state index < -0.39 is 12.0 Å². The van der Waals surface area contributed by atoms with E-state index in [0.717, 1.165) is 25.1 Å². The summed E-state index contributed by atoms with van der Waals surface area (Å²) in [6, 6.07) is -0.782. The summed E-state index contributed by atoms with van der Waals surface area (Å²) in [7, 11) is 0. The lowest BCUT2D eigenvalue weighted by Gasteiger charge is -2.13. The third kappa shape index (κ3) is 3.18. The van der Waals surface area contributed by atoms with Gasteiger partial charge in [-0.15, -0.1) is 0 Å². The van der Waals surface area contributed by atoms with Gasteiger partial charge in [0.25, 0.3) is 5.91 Å². The normalized spacial score (nSPS) is 16.2. The fourth-order valence-electron chi connectivity index (χ4n) is 2.23. The zero-order valence-electron chi connectivity index (χ0n) is 12.1. The Morgan fingerprint density at radius 3 is 2.65 bits per heavy atom. The number of carboxylic acids is 1. The Balaban J connectivity index is 2.09. The second kappa shape index (κ2) is 5.64. The number of aliphatic carboxylic acids is 1. The van der Waals surface area contributed by atoms with Gasteiger partial charge < -0.3 is 10.4 Å². The van der Waals surface area contributed by atoms with Gasteiger partial charge in [-0.2, -0.15) is 5.10 Å². The van der Waals surface area contributed by atoms with Gasteiger partial charge in [0.1, 0.15) is 6.04 Å². The Hall–Kier alpha value is -1.85. The van der Waals surface area contributed by atoms with Crippen LogP contribution in [0, 0.1) is 18.8 Å². The summed E-state index contributed by atoms with van der Waals surface area (Å²) in [4.78, 5) is 23.3. The average molecular weight is 279 g/mol. The minimum absolute atomic E-state index is 0.0717. The molecule has 6 heteroatoms. The highest BCUT2D eigenvalue weighted by atomic mass is 16.4. The molecule has 0 radical (unpaired) electrons. The molecule has 1 fully saturated rings. The van der Waals surface area contributed by atoms with Crippen molar-refractivity contribution in [2.45, 2.75) is 46.2 Å². The van der Waals surface area contributed by atoms with Gasteiger partial charge in [0.2, 0.25) is 0 Å². The number of nitrogens with zero attached hydrogens (tertiary/aromatic N) is 2. The predicted molar refractivity (Wildman–Crippen MR) is 73.4 cm³/mol. The highest BCUT2D eigenvalue weighted by molar-refractivity contribution is 5.97. The third-order valence-electron chi connectivity index (χ3n) is 3.53. The predicted octanol–water partition coefficient (Wildman–Crippen LogP) is 1.44. The summed E-state index contributed by atoms with van der Waals surface area (Å²) in [6.07, 6.45) is 3.24. The van der Waals surface area contributed by atoms with E-state index in [9.17, 15) is 9.59 Å². The topological polar surface area (TPSA) is 84.2 Å². The molecular formula is C14H21N3O3. The van der Waals surface area contributed by atoms with Crippen LogP contribution >= 0.6 is 0 Å². The van der Waals surface area contributed by atoms with Gasteiger partial charge in [-0.05, 0) is 31.6 Å². The van der Waals surface area contributed by atoms with E-state index in [1.807, 2.05) is 6.92 Å². The van der Waals surface area contributed by atoms with Crippen LogP contribution in [-0.4, -0.2) is 32.8 Å². The molecule has 0 saturated heterocycles. The number of carboxylic acid groups (broad SMARTS) is 1. The first-order chi connectivity index (χ1) is 9.40. The van der Waals surface area contributed by atoms with Crippen molar-refractivity contribution in [2.24, 2.45) is 11.8 Å². The van der Waals surface area contributed by atoms with Crippen molar-refractivity contribution in [3.8, 4) is 0 Å². The van der Waals surface area contributed by atoms with Crippen molar-refractivity contribution in [2.75, 3.05) is 0 Å². The summed E-state index contributed by atoms with van der Waals surface area (Å²) in [6.45, 7) is 6.73. The van der Waals surface area contributed by atoms with Gasteiger partial charge in [0, 0.05) is 12.2 Å². The lowest BCUT2D eigenvalue weighted by Crippen LogP contribution is -2.42. The molecule has 0 aliphatic heterocycles. The van der Waals surface area contributed by atoms with Crippen LogP contribution in [0.5, 0.6) is 0 Å². The van der Waals surface area contributed by atoms with Crippen LogP contribution in [0.15, 0.2) is 6.20 Å². The van der Waals surface area contributed by atoms with Crippen LogP contribution in [-0.2, 0) is 11.3 Å². The van der Waals surface area contributed by atoms with Crippen molar-refractivity contribution in [3.63, 3.8) is 0 Å². The molecule has 1 unspecified atom stereocenters. The minimum atomic E-state index is -0.965. The molecule has 6 nitrogen and oxygen atoms in total. The van der Waals surface area contributed by atoms with Gasteiger partial charge in [0.05, 0.1) is 11.8 Å². The molecule has 1 aliphatic rings. The standard InChI is InChI=1S/C14H21N3O3/c1-8(2)7-17-9(3)11(6-15-17)13(18)16-12(14(19)20)10-4-5-10/h6,8,10,12H,4-5,7H2,1-3H3,(H,16,18)(H,19,20). The summed E-state index contributed by atoms with van der Waals surface area (Å²) in [5.41, 5.74) is 1.23. The fourth-order valence-corrected chi connectivity index (χ4v) is 2.23. The van der Waals surface area contributed by atoms with Crippen LogP contribution in [0.1, 0.15) is 42.7 Å². The molecule has 1 amide bonds. The highest BCUT2D eigenvalue weighted by Crippen LogP contribution is 2.32. The van der Waals surface area contributed by atoms with Gasteiger partial charge in [-0.3, -0.25) is 9.48 Å². The Morgan fingerprint density at radius 2 is 2.15 bits per heavy atom. The van der Waals surface area contributed by atoms with Gasteiger partial charge in [-0.1, -0.05) is 13.8 Å². The van der Waals surface area contributed by atoms with Gasteiger partial charge in [-0.25, -0.2) is 4.79 Å². The molecule has 2 rings (SSSR count). The van der Waals surface area contributed by atoms with Crippen molar-refractivity contribution < 1.29 is 14.7 Å². The SMILES string of the molecule is Cc1c(C(=O)NC(C(=O)O)C2CC2)cnn1CC(C)C. The van der Waals surface area contributed by atoms with Crippen LogP contribution in [0.4, 0.5) is 0 Å². The molecule has 1 aliphatic carbocycles. The number of carbonyl (C=O) groups is 2. The Kier molecular flexibility index (Phi) is 4.11. The lowest BCUT2D eigenvalue weighted by molar-refractivity contribution is -0.139. The maximum absolute atomic E-state index is 12.2. The Labute approximate surface area is 118 Å². The van der Waals surface area contributed by atoms with E-state index in [-0.39, 0.29) is 11.8 Å². The second-order valence-corrected chi connectivity index (χ2v) is 5.85. The number of hydrogen-bond donors (Lipinski definition) is 2. The molecule has 1 aromatic heterocycles. The quantitative estimate of drug-likeness (QED) is 0.825. The average Bonchev–Trinajstić information content (AvgIpc) is 3.12. The molecule has 0 bridgehead atoms. The molecule has 1 saturated carbocycles. The molecule has 0 aromatic carbocycles. The van der Waals surface area contributed by atoms with Crippen LogP contribution in [0.3, 0.4) is 0 Å². The molecule has 1 aromatic rings. The molecule has 2 N–H and O–H groups in total. The smallest absolute Gasteiger partial charge is 0.326 e. The largest absolute Gasteiger partial charge is 0.480 e. The third-order valence-corrected chi connectivity index (χ3v) is 3.53. The first kappa shape index (κ1) is 14.6. The summed E-state index contributed by atoms with van der Waals surface area (Å²) in [5.74, 6) is -0.810.